The highest BCUT2D eigenvalue weighted by Crippen LogP contribution is 2.21. The highest BCUT2D eigenvalue weighted by atomic mass is 16.4. The van der Waals surface area contributed by atoms with Crippen LogP contribution in [0.4, 0.5) is 0 Å². The molecule has 0 heterocycles. The third-order valence-corrected chi connectivity index (χ3v) is 2.07. The first-order valence-electron chi connectivity index (χ1n) is 4.62. The smallest absolute Gasteiger partial charge is 0.251 e. The first-order valence-corrected chi connectivity index (χ1v) is 4.62. The van der Waals surface area contributed by atoms with Gasteiger partial charge in [-0.3, -0.25) is 14.4 Å². The predicted octanol–water partition coefficient (Wildman–Crippen LogP) is 0.310. The van der Waals surface area contributed by atoms with Gasteiger partial charge < -0.3 is 15.3 Å². The standard InChI is InChI=1S/C12H12O6/c1-4-7(13)10(16)11(17)12(18,8(14)5-2)9(15)6-3/h4-6,16-18H,1-3H2. The highest BCUT2D eigenvalue weighted by Gasteiger charge is 2.47. The Balaban J connectivity index is 6.06. The van der Waals surface area contributed by atoms with Gasteiger partial charge in [-0.2, -0.15) is 0 Å². The second-order valence-corrected chi connectivity index (χ2v) is 3.11. The van der Waals surface area contributed by atoms with Gasteiger partial charge in [0.25, 0.3) is 5.60 Å². The molecule has 3 N–H and O–H groups in total. The average Bonchev–Trinajstić information content (AvgIpc) is 2.41. The molecule has 0 aromatic heterocycles. The summed E-state index contributed by atoms with van der Waals surface area (Å²) in [7, 11) is 0. The number of carbonyl (C=O) groups excluding carboxylic acids is 3. The third-order valence-electron chi connectivity index (χ3n) is 2.07. The zero-order valence-corrected chi connectivity index (χ0v) is 9.42. The topological polar surface area (TPSA) is 112 Å². The van der Waals surface area contributed by atoms with Crippen molar-refractivity contribution in [3.05, 3.63) is 49.5 Å². The largest absolute Gasteiger partial charge is 0.505 e. The molecule has 0 saturated heterocycles. The van der Waals surface area contributed by atoms with Crippen LogP contribution in [0.5, 0.6) is 0 Å². The van der Waals surface area contributed by atoms with Crippen molar-refractivity contribution >= 4 is 17.3 Å². The maximum atomic E-state index is 11.4. The lowest BCUT2D eigenvalue weighted by Crippen LogP contribution is -2.47. The minimum atomic E-state index is -3.12. The second kappa shape index (κ2) is 5.74. The Labute approximate surface area is 103 Å². The van der Waals surface area contributed by atoms with E-state index in [1.165, 1.54) is 0 Å². The summed E-state index contributed by atoms with van der Waals surface area (Å²) in [6.07, 6.45) is 1.75. The van der Waals surface area contributed by atoms with Gasteiger partial charge >= 0.3 is 0 Å². The van der Waals surface area contributed by atoms with Crippen LogP contribution < -0.4 is 0 Å². The molecule has 0 aromatic rings. The van der Waals surface area contributed by atoms with Gasteiger partial charge in [0.2, 0.25) is 23.1 Å². The van der Waals surface area contributed by atoms with Crippen molar-refractivity contribution in [1.82, 2.24) is 0 Å². The molecule has 6 heteroatoms. The summed E-state index contributed by atoms with van der Waals surface area (Å²) < 4.78 is 0. The quantitative estimate of drug-likeness (QED) is 0.341. The molecule has 0 amide bonds. The first-order chi connectivity index (χ1) is 8.27. The van der Waals surface area contributed by atoms with Crippen LogP contribution in [0.25, 0.3) is 0 Å². The van der Waals surface area contributed by atoms with Crippen LogP contribution in [0.2, 0.25) is 0 Å². The molecule has 0 unspecified atom stereocenters. The zero-order valence-electron chi connectivity index (χ0n) is 9.42. The van der Waals surface area contributed by atoms with Gasteiger partial charge in [0.1, 0.15) is 0 Å². The Morgan fingerprint density at radius 3 is 1.56 bits per heavy atom. The Hall–Kier alpha value is -2.47. The third kappa shape index (κ3) is 2.44. The van der Waals surface area contributed by atoms with E-state index < -0.39 is 34.5 Å². The summed E-state index contributed by atoms with van der Waals surface area (Å²) in [5, 5.41) is 28.6. The average molecular weight is 252 g/mol. The number of aliphatic hydroxyl groups excluding tert-OH is 2. The van der Waals surface area contributed by atoms with Crippen LogP contribution in [-0.2, 0) is 14.4 Å². The van der Waals surface area contributed by atoms with Gasteiger partial charge in [0, 0.05) is 0 Å². The van der Waals surface area contributed by atoms with Crippen LogP contribution >= 0.6 is 0 Å². The van der Waals surface area contributed by atoms with Crippen molar-refractivity contribution in [2.45, 2.75) is 5.60 Å². The molecule has 0 aliphatic heterocycles. The number of hydrogen-bond acceptors (Lipinski definition) is 6. The molecule has 0 atom stereocenters. The Morgan fingerprint density at radius 1 is 0.889 bits per heavy atom. The normalized spacial score (nSPS) is 12.1. The van der Waals surface area contributed by atoms with Crippen molar-refractivity contribution < 1.29 is 29.7 Å². The lowest BCUT2D eigenvalue weighted by atomic mass is 9.89. The maximum absolute atomic E-state index is 11.4. The van der Waals surface area contributed by atoms with Crippen LogP contribution in [0.15, 0.2) is 49.5 Å². The van der Waals surface area contributed by atoms with Crippen molar-refractivity contribution in [3.63, 3.8) is 0 Å². The van der Waals surface area contributed by atoms with E-state index in [9.17, 15) is 29.7 Å². The molecule has 0 bridgehead atoms. The van der Waals surface area contributed by atoms with Gasteiger partial charge in [-0.15, -0.1) is 0 Å². The summed E-state index contributed by atoms with van der Waals surface area (Å²) >= 11 is 0. The van der Waals surface area contributed by atoms with Crippen LogP contribution in [0, 0.1) is 0 Å². The Kier molecular flexibility index (Phi) is 4.95. The van der Waals surface area contributed by atoms with E-state index in [4.69, 9.17) is 0 Å². The summed E-state index contributed by atoms with van der Waals surface area (Å²) in [4.78, 5) is 33.9. The molecule has 96 valence electrons. The molecular formula is C12H12O6. The molecule has 0 aromatic carbocycles. The minimum Gasteiger partial charge on any atom is -0.505 e. The van der Waals surface area contributed by atoms with E-state index in [1.54, 1.807) is 0 Å². The molecule has 6 nitrogen and oxygen atoms in total. The van der Waals surface area contributed by atoms with Gasteiger partial charge in [-0.1, -0.05) is 19.7 Å². The molecule has 0 aliphatic rings. The molecule has 18 heavy (non-hydrogen) atoms. The van der Waals surface area contributed by atoms with E-state index >= 15 is 0 Å². The van der Waals surface area contributed by atoms with E-state index in [0.717, 1.165) is 0 Å². The monoisotopic (exact) mass is 252 g/mol. The number of rotatable bonds is 7. The Bertz CT molecular complexity index is 449. The molecule has 0 rings (SSSR count). The lowest BCUT2D eigenvalue weighted by molar-refractivity contribution is -0.144. The Morgan fingerprint density at radius 2 is 1.28 bits per heavy atom. The van der Waals surface area contributed by atoms with Gasteiger partial charge in [0.05, 0.1) is 0 Å². The number of carbonyl (C=O) groups is 3. The summed E-state index contributed by atoms with van der Waals surface area (Å²) in [5.74, 6) is -6.65. The SMILES string of the molecule is C=CC(=O)C(O)=C(O)C(O)(C(=O)C=C)C(=O)C=C. The van der Waals surface area contributed by atoms with Gasteiger partial charge in [-0.25, -0.2) is 0 Å². The number of ketones is 3. The van der Waals surface area contributed by atoms with E-state index in [1.807, 2.05) is 0 Å². The zero-order chi connectivity index (χ0) is 14.5. The van der Waals surface area contributed by atoms with Crippen LogP contribution in [0.3, 0.4) is 0 Å². The lowest BCUT2D eigenvalue weighted by Gasteiger charge is -2.21. The number of aliphatic hydroxyl groups is 3. The van der Waals surface area contributed by atoms with Crippen molar-refractivity contribution in [3.8, 4) is 0 Å². The fourth-order valence-electron chi connectivity index (χ4n) is 1.03. The van der Waals surface area contributed by atoms with Crippen molar-refractivity contribution in [1.29, 1.82) is 0 Å². The van der Waals surface area contributed by atoms with Crippen LogP contribution in [-0.4, -0.2) is 38.3 Å². The molecule has 0 radical (unpaired) electrons. The molecule has 0 aliphatic carbocycles. The number of allylic oxidation sites excluding steroid dienone is 1. The fourth-order valence-corrected chi connectivity index (χ4v) is 1.03. The first kappa shape index (κ1) is 15.5. The fraction of sp³-hybridized carbons (Fsp3) is 0.0833. The van der Waals surface area contributed by atoms with Crippen molar-refractivity contribution in [2.75, 3.05) is 0 Å². The van der Waals surface area contributed by atoms with Gasteiger partial charge in [-0.05, 0) is 18.2 Å². The highest BCUT2D eigenvalue weighted by molar-refractivity contribution is 6.21. The summed E-state index contributed by atoms with van der Waals surface area (Å²) in [6.45, 7) is 9.10. The molecule has 0 spiro atoms. The van der Waals surface area contributed by atoms with Crippen LogP contribution in [0.1, 0.15) is 0 Å². The van der Waals surface area contributed by atoms with E-state index in [-0.39, 0.29) is 0 Å². The summed E-state index contributed by atoms with van der Waals surface area (Å²) in [5.41, 5.74) is -3.12. The molecular weight excluding hydrogens is 240 g/mol. The van der Waals surface area contributed by atoms with E-state index in [2.05, 4.69) is 19.7 Å². The molecule has 0 fully saturated rings. The predicted molar refractivity (Wildman–Crippen MR) is 62.8 cm³/mol. The second-order valence-electron chi connectivity index (χ2n) is 3.11. The summed E-state index contributed by atoms with van der Waals surface area (Å²) in [6, 6.07) is 0. The van der Waals surface area contributed by atoms with Gasteiger partial charge in [0.15, 0.2) is 5.76 Å². The number of hydrogen-bond donors (Lipinski definition) is 3. The van der Waals surface area contributed by atoms with E-state index in [0.29, 0.717) is 18.2 Å². The molecule has 0 saturated carbocycles. The minimum absolute atomic E-state index is 0.559. The maximum Gasteiger partial charge on any atom is 0.251 e. The van der Waals surface area contributed by atoms with Crippen molar-refractivity contribution in [2.24, 2.45) is 0 Å².